The monoisotopic (exact) mass is 229 g/mol. The average molecular weight is 230 g/mol. The Kier molecular flexibility index (Phi) is 5.06. The molecule has 0 heterocycles. The van der Waals surface area contributed by atoms with E-state index in [0.717, 1.165) is 24.8 Å². The summed E-state index contributed by atoms with van der Waals surface area (Å²) in [5.74, 6) is -0.323. The van der Waals surface area contributed by atoms with Gasteiger partial charge in [0.05, 0.1) is 5.02 Å². The number of hydrogen-bond acceptors (Lipinski definition) is 1. The quantitative estimate of drug-likeness (QED) is 0.816. The highest BCUT2D eigenvalue weighted by atomic mass is 35.5. The number of halogens is 2. The van der Waals surface area contributed by atoms with Crippen molar-refractivity contribution in [3.63, 3.8) is 0 Å². The van der Waals surface area contributed by atoms with Gasteiger partial charge in [0.25, 0.3) is 0 Å². The normalized spacial score (nSPS) is 12.8. The molecule has 1 unspecified atom stereocenters. The van der Waals surface area contributed by atoms with Crippen LogP contribution in [0.2, 0.25) is 5.02 Å². The van der Waals surface area contributed by atoms with Gasteiger partial charge in [0.1, 0.15) is 5.82 Å². The second kappa shape index (κ2) is 6.09. The zero-order valence-corrected chi connectivity index (χ0v) is 9.94. The Labute approximate surface area is 95.6 Å². The Morgan fingerprint density at radius 2 is 2.20 bits per heavy atom. The van der Waals surface area contributed by atoms with Crippen molar-refractivity contribution in [2.45, 2.75) is 32.2 Å². The summed E-state index contributed by atoms with van der Waals surface area (Å²) in [5.41, 5.74) is 0.903. The van der Waals surface area contributed by atoms with Crippen molar-refractivity contribution in [1.29, 1.82) is 0 Å². The van der Waals surface area contributed by atoms with Gasteiger partial charge in [0.15, 0.2) is 0 Å². The molecular weight excluding hydrogens is 213 g/mol. The molecule has 0 fully saturated rings. The predicted octanol–water partition coefficient (Wildman–Crippen LogP) is 3.41. The van der Waals surface area contributed by atoms with Gasteiger partial charge in [-0.15, -0.1) is 0 Å². The summed E-state index contributed by atoms with van der Waals surface area (Å²) >= 11 is 5.85. The predicted molar refractivity (Wildman–Crippen MR) is 62.9 cm³/mol. The summed E-state index contributed by atoms with van der Waals surface area (Å²) in [7, 11) is 1.94. The molecule has 0 radical (unpaired) electrons. The van der Waals surface area contributed by atoms with E-state index in [1.54, 1.807) is 6.07 Å². The van der Waals surface area contributed by atoms with Gasteiger partial charge in [0.2, 0.25) is 0 Å². The van der Waals surface area contributed by atoms with Gasteiger partial charge >= 0.3 is 0 Å². The molecule has 0 aliphatic carbocycles. The zero-order valence-electron chi connectivity index (χ0n) is 9.19. The van der Waals surface area contributed by atoms with Gasteiger partial charge in [0, 0.05) is 6.04 Å². The molecule has 1 atom stereocenters. The Bertz CT molecular complexity index is 314. The second-order valence-electron chi connectivity index (χ2n) is 3.79. The van der Waals surface area contributed by atoms with Crippen molar-refractivity contribution in [2.75, 3.05) is 7.05 Å². The molecular formula is C12H17ClFN. The molecule has 3 heteroatoms. The summed E-state index contributed by atoms with van der Waals surface area (Å²) in [4.78, 5) is 0. The largest absolute Gasteiger partial charge is 0.317 e. The third-order valence-corrected chi connectivity index (χ3v) is 3.03. The summed E-state index contributed by atoms with van der Waals surface area (Å²) in [6.45, 7) is 2.13. The maximum Gasteiger partial charge on any atom is 0.142 e. The molecule has 0 aliphatic rings. The van der Waals surface area contributed by atoms with E-state index in [0.29, 0.717) is 6.04 Å². The highest BCUT2D eigenvalue weighted by Gasteiger charge is 2.05. The highest BCUT2D eigenvalue weighted by Crippen LogP contribution is 2.21. The molecule has 1 aromatic rings. The first-order valence-corrected chi connectivity index (χ1v) is 5.63. The van der Waals surface area contributed by atoms with E-state index < -0.39 is 0 Å². The lowest BCUT2D eigenvalue weighted by Crippen LogP contribution is -2.20. The molecule has 84 valence electrons. The molecule has 0 saturated heterocycles. The van der Waals surface area contributed by atoms with E-state index in [9.17, 15) is 4.39 Å². The Morgan fingerprint density at radius 1 is 1.47 bits per heavy atom. The molecule has 0 amide bonds. The molecule has 0 saturated carbocycles. The smallest absolute Gasteiger partial charge is 0.142 e. The van der Waals surface area contributed by atoms with Crippen molar-refractivity contribution in [2.24, 2.45) is 0 Å². The van der Waals surface area contributed by atoms with Crippen molar-refractivity contribution < 1.29 is 4.39 Å². The van der Waals surface area contributed by atoms with E-state index in [-0.39, 0.29) is 10.8 Å². The number of hydrogen-bond donors (Lipinski definition) is 1. The molecule has 0 bridgehead atoms. The van der Waals surface area contributed by atoms with Crippen LogP contribution in [0.3, 0.4) is 0 Å². The van der Waals surface area contributed by atoms with Crippen LogP contribution in [0.4, 0.5) is 4.39 Å². The summed E-state index contributed by atoms with van der Waals surface area (Å²) in [5, 5.41) is 3.44. The lowest BCUT2D eigenvalue weighted by atomic mass is 10.1. The van der Waals surface area contributed by atoms with Crippen LogP contribution in [0.15, 0.2) is 18.2 Å². The van der Waals surface area contributed by atoms with Crippen LogP contribution in [-0.2, 0) is 6.42 Å². The maximum absolute atomic E-state index is 13.1. The van der Waals surface area contributed by atoms with Gasteiger partial charge in [-0.05, 0) is 44.9 Å². The molecule has 15 heavy (non-hydrogen) atoms. The minimum absolute atomic E-state index is 0.273. The van der Waals surface area contributed by atoms with Crippen LogP contribution in [-0.4, -0.2) is 13.1 Å². The summed E-state index contributed by atoms with van der Waals surface area (Å²) in [6.07, 6.45) is 2.93. The van der Waals surface area contributed by atoms with Crippen LogP contribution in [0.25, 0.3) is 0 Å². The second-order valence-corrected chi connectivity index (χ2v) is 4.17. The number of nitrogens with one attached hydrogen (secondary N) is 1. The van der Waals surface area contributed by atoms with Crippen LogP contribution in [0, 0.1) is 5.82 Å². The van der Waals surface area contributed by atoms with Crippen molar-refractivity contribution in [1.82, 2.24) is 5.32 Å². The Hall–Kier alpha value is -0.600. The maximum atomic E-state index is 13.1. The fourth-order valence-electron chi connectivity index (χ4n) is 1.48. The third kappa shape index (κ3) is 3.80. The highest BCUT2D eigenvalue weighted by molar-refractivity contribution is 6.31. The van der Waals surface area contributed by atoms with E-state index in [2.05, 4.69) is 12.2 Å². The topological polar surface area (TPSA) is 12.0 Å². The lowest BCUT2D eigenvalue weighted by molar-refractivity contribution is 0.541. The van der Waals surface area contributed by atoms with Crippen molar-refractivity contribution in [3.8, 4) is 0 Å². The van der Waals surface area contributed by atoms with E-state index in [1.807, 2.05) is 13.1 Å². The molecule has 0 aliphatic heterocycles. The molecule has 1 nitrogen and oxygen atoms in total. The Balaban J connectivity index is 2.47. The fraction of sp³-hybridized carbons (Fsp3) is 0.500. The minimum atomic E-state index is -0.323. The SMILES string of the molecule is CNC(C)CCCc1cccc(F)c1Cl. The van der Waals surface area contributed by atoms with E-state index in [4.69, 9.17) is 11.6 Å². The molecule has 1 aromatic carbocycles. The molecule has 1 N–H and O–H groups in total. The van der Waals surface area contributed by atoms with E-state index >= 15 is 0 Å². The average Bonchev–Trinajstić information content (AvgIpc) is 2.24. The fourth-order valence-corrected chi connectivity index (χ4v) is 1.71. The first kappa shape index (κ1) is 12.5. The van der Waals surface area contributed by atoms with Gasteiger partial charge in [-0.3, -0.25) is 0 Å². The first-order valence-electron chi connectivity index (χ1n) is 5.25. The van der Waals surface area contributed by atoms with Crippen molar-refractivity contribution >= 4 is 11.6 Å². The van der Waals surface area contributed by atoms with Crippen molar-refractivity contribution in [3.05, 3.63) is 34.6 Å². The molecule has 0 spiro atoms. The molecule has 0 aromatic heterocycles. The number of rotatable bonds is 5. The first-order chi connectivity index (χ1) is 7.15. The van der Waals surface area contributed by atoms with Gasteiger partial charge < -0.3 is 5.32 Å². The minimum Gasteiger partial charge on any atom is -0.317 e. The van der Waals surface area contributed by atoms with Gasteiger partial charge in [-0.1, -0.05) is 23.7 Å². The Morgan fingerprint density at radius 3 is 2.87 bits per heavy atom. The zero-order chi connectivity index (χ0) is 11.3. The lowest BCUT2D eigenvalue weighted by Gasteiger charge is -2.10. The standard InChI is InChI=1S/C12H17ClFN/c1-9(15-2)5-3-6-10-7-4-8-11(14)12(10)13/h4,7-9,15H,3,5-6H2,1-2H3. The number of benzene rings is 1. The molecule has 1 rings (SSSR count). The summed E-state index contributed by atoms with van der Waals surface area (Å²) < 4.78 is 13.1. The van der Waals surface area contributed by atoms with Crippen LogP contribution < -0.4 is 5.32 Å². The van der Waals surface area contributed by atoms with Crippen LogP contribution >= 0.6 is 11.6 Å². The summed E-state index contributed by atoms with van der Waals surface area (Å²) in [6, 6.07) is 5.48. The third-order valence-electron chi connectivity index (χ3n) is 2.61. The van der Waals surface area contributed by atoms with Crippen LogP contribution in [0.5, 0.6) is 0 Å². The van der Waals surface area contributed by atoms with Crippen LogP contribution in [0.1, 0.15) is 25.3 Å². The van der Waals surface area contributed by atoms with E-state index in [1.165, 1.54) is 6.07 Å². The van der Waals surface area contributed by atoms with Gasteiger partial charge in [-0.2, -0.15) is 0 Å². The van der Waals surface area contributed by atoms with Gasteiger partial charge in [-0.25, -0.2) is 4.39 Å². The number of aryl methyl sites for hydroxylation is 1.